The first kappa shape index (κ1) is 39.9. The van der Waals surface area contributed by atoms with Gasteiger partial charge in [0.2, 0.25) is 17.7 Å². The fourth-order valence-electron chi connectivity index (χ4n) is 9.83. The molecular weight excluding hydrogens is 757 g/mol. The summed E-state index contributed by atoms with van der Waals surface area (Å²) in [6.45, 7) is 6.52. The summed E-state index contributed by atoms with van der Waals surface area (Å²) in [5.41, 5.74) is 12.9. The summed E-state index contributed by atoms with van der Waals surface area (Å²) in [5.74, 6) is -1.16. The molecule has 6 amide bonds. The van der Waals surface area contributed by atoms with E-state index in [1.165, 1.54) is 12.4 Å². The number of allylic oxidation sites excluding steroid dienone is 1. The second-order valence-corrected chi connectivity index (χ2v) is 16.6. The van der Waals surface area contributed by atoms with E-state index in [2.05, 4.69) is 40.2 Å². The number of benzene rings is 1. The van der Waals surface area contributed by atoms with Crippen LogP contribution in [0.1, 0.15) is 89.0 Å². The highest BCUT2D eigenvalue weighted by Crippen LogP contribution is 2.44. The van der Waals surface area contributed by atoms with Crippen molar-refractivity contribution in [3.63, 3.8) is 0 Å². The number of carbonyl (C=O) groups is 6. The van der Waals surface area contributed by atoms with Gasteiger partial charge in [-0.1, -0.05) is 0 Å². The molecule has 6 aliphatic rings. The summed E-state index contributed by atoms with van der Waals surface area (Å²) in [6.07, 6.45) is 10.9. The zero-order chi connectivity index (χ0) is 41.4. The Bertz CT molecular complexity index is 2110. The first-order valence-corrected chi connectivity index (χ1v) is 20.7. The lowest BCUT2D eigenvalue weighted by Crippen LogP contribution is -2.54. The van der Waals surface area contributed by atoms with Crippen molar-refractivity contribution in [2.75, 3.05) is 74.5 Å². The van der Waals surface area contributed by atoms with E-state index >= 15 is 0 Å². The molecule has 7 heterocycles. The molecule has 18 heteroatoms. The lowest BCUT2D eigenvalue weighted by Gasteiger charge is -2.42. The molecule has 5 fully saturated rings. The number of imide groups is 2. The average Bonchev–Trinajstić information content (AvgIpc) is 3.69. The van der Waals surface area contributed by atoms with Crippen molar-refractivity contribution in [1.82, 2.24) is 30.0 Å². The Labute approximate surface area is 342 Å². The summed E-state index contributed by atoms with van der Waals surface area (Å²) in [4.78, 5) is 100.0. The molecule has 6 N–H and O–H groups in total. The Balaban J connectivity index is 0.826. The van der Waals surface area contributed by atoms with Crippen LogP contribution in [0.2, 0.25) is 0 Å². The molecule has 1 aromatic carbocycles. The van der Waals surface area contributed by atoms with Gasteiger partial charge in [-0.25, -0.2) is 9.97 Å². The van der Waals surface area contributed by atoms with E-state index in [0.29, 0.717) is 29.5 Å². The van der Waals surface area contributed by atoms with E-state index in [1.807, 2.05) is 6.07 Å². The molecule has 0 radical (unpaired) electrons. The summed E-state index contributed by atoms with van der Waals surface area (Å²) in [6, 6.07) is 4.39. The maximum atomic E-state index is 14.2. The maximum Gasteiger partial charge on any atom is 0.271 e. The molecule has 2 unspecified atom stereocenters. The van der Waals surface area contributed by atoms with Gasteiger partial charge in [-0.2, -0.15) is 0 Å². The van der Waals surface area contributed by atoms with Gasteiger partial charge >= 0.3 is 0 Å². The molecular formula is C41H52N12O6. The number of rotatable bonds is 10. The molecule has 1 spiro atoms. The molecule has 0 aliphatic carbocycles. The molecule has 2 aromatic rings. The fourth-order valence-corrected chi connectivity index (χ4v) is 9.83. The third kappa shape index (κ3) is 7.72. The Morgan fingerprint density at radius 3 is 2.42 bits per heavy atom. The summed E-state index contributed by atoms with van der Waals surface area (Å²) in [5, 5.41) is 5.25. The van der Waals surface area contributed by atoms with Crippen LogP contribution >= 0.6 is 0 Å². The van der Waals surface area contributed by atoms with Crippen LogP contribution in [0.4, 0.5) is 17.3 Å². The first-order chi connectivity index (χ1) is 28.5. The zero-order valence-electron chi connectivity index (χ0n) is 33.4. The summed E-state index contributed by atoms with van der Waals surface area (Å²) < 4.78 is 0. The number of hydrogen-bond acceptors (Lipinski definition) is 14. The SMILES string of the molecule is CN=CC(=CN)Nc1nc(N2CCCC(N3CCC4(CCN(CC5CCN(c6ccc7c(c6)C(=O)N(C6CCC(=O)NC6=O)C7=O)CC5)CC4)C3=O)C2)cnc1C(N)=O. The predicted molar refractivity (Wildman–Crippen MR) is 219 cm³/mol. The predicted octanol–water partition coefficient (Wildman–Crippen LogP) is 1.09. The van der Waals surface area contributed by atoms with Crippen LogP contribution in [0.15, 0.2) is 41.3 Å². The van der Waals surface area contributed by atoms with Crippen LogP contribution in [0.3, 0.4) is 0 Å². The van der Waals surface area contributed by atoms with Gasteiger partial charge in [-0.3, -0.25) is 44.0 Å². The molecule has 2 atom stereocenters. The molecule has 8 rings (SSSR count). The third-order valence-corrected chi connectivity index (χ3v) is 13.1. The number of nitrogens with zero attached hydrogens (tertiary/aromatic N) is 8. The molecule has 59 heavy (non-hydrogen) atoms. The second kappa shape index (κ2) is 16.4. The highest BCUT2D eigenvalue weighted by molar-refractivity contribution is 6.23. The number of piperidine rings is 4. The van der Waals surface area contributed by atoms with Gasteiger partial charge in [0, 0.05) is 76.9 Å². The van der Waals surface area contributed by atoms with Gasteiger partial charge in [0.1, 0.15) is 11.9 Å². The number of nitrogens with one attached hydrogen (secondary N) is 2. The quantitative estimate of drug-likeness (QED) is 0.195. The minimum absolute atomic E-state index is 0.00391. The average molecular weight is 809 g/mol. The van der Waals surface area contributed by atoms with E-state index in [9.17, 15) is 28.8 Å². The van der Waals surface area contributed by atoms with Crippen molar-refractivity contribution in [3.8, 4) is 0 Å². The third-order valence-electron chi connectivity index (χ3n) is 13.1. The number of aliphatic imine (C=N–C) groups is 1. The molecule has 6 aliphatic heterocycles. The van der Waals surface area contributed by atoms with Crippen molar-refractivity contribution in [2.24, 2.45) is 27.8 Å². The number of fused-ring (bicyclic) bond motifs is 1. The van der Waals surface area contributed by atoms with E-state index in [1.54, 1.807) is 25.4 Å². The van der Waals surface area contributed by atoms with Gasteiger partial charge < -0.3 is 36.4 Å². The number of likely N-dealkylation sites (tertiary alicyclic amines) is 2. The van der Waals surface area contributed by atoms with Crippen molar-refractivity contribution in [1.29, 1.82) is 0 Å². The van der Waals surface area contributed by atoms with Gasteiger partial charge in [-0.15, -0.1) is 0 Å². The van der Waals surface area contributed by atoms with Crippen molar-refractivity contribution < 1.29 is 28.8 Å². The second-order valence-electron chi connectivity index (χ2n) is 16.6. The molecule has 312 valence electrons. The topological polar surface area (TPSA) is 233 Å². The summed E-state index contributed by atoms with van der Waals surface area (Å²) in [7, 11) is 1.61. The lowest BCUT2D eigenvalue weighted by molar-refractivity contribution is -0.140. The fraction of sp³-hybridized carbons (Fsp3) is 0.537. The molecule has 0 bridgehead atoms. The standard InChI is InChI=1S/C41H52N12O6/c1-44-21-26(20-42)46-36-34(35(43)55)45-22-32(47-36)51-13-2-3-28(24-51)52-18-12-41(40(52)59)10-16-49(17-11-41)23-25-8-14-50(15-9-25)27-4-5-29-30(19-27)39(58)53(38(29)57)31-6-7-33(54)48-37(31)56/h4-5,19-22,25,28,31H,2-3,6-18,23-24,42H2,1H3,(H2,43,55)(H,46,47)(H,48,54,56). The number of carbonyl (C=O) groups excluding carboxylic acids is 6. The van der Waals surface area contributed by atoms with Gasteiger partial charge in [-0.05, 0) is 88.6 Å². The van der Waals surface area contributed by atoms with E-state index in [-0.39, 0.29) is 47.3 Å². The minimum atomic E-state index is -0.983. The normalized spacial score (nSPS) is 24.4. The van der Waals surface area contributed by atoms with Crippen LogP contribution in [-0.4, -0.2) is 138 Å². The maximum absolute atomic E-state index is 14.2. The Morgan fingerprint density at radius 2 is 1.71 bits per heavy atom. The molecule has 5 saturated heterocycles. The van der Waals surface area contributed by atoms with Gasteiger partial charge in [0.15, 0.2) is 11.5 Å². The van der Waals surface area contributed by atoms with E-state index in [0.717, 1.165) is 101 Å². The van der Waals surface area contributed by atoms with Crippen molar-refractivity contribution in [2.45, 2.75) is 69.9 Å². The van der Waals surface area contributed by atoms with Gasteiger partial charge in [0.25, 0.3) is 17.7 Å². The van der Waals surface area contributed by atoms with E-state index in [4.69, 9.17) is 16.5 Å². The number of primary amides is 1. The highest BCUT2D eigenvalue weighted by atomic mass is 16.2. The lowest BCUT2D eigenvalue weighted by atomic mass is 9.76. The highest BCUT2D eigenvalue weighted by Gasteiger charge is 2.50. The number of hydrogen-bond donors (Lipinski definition) is 4. The van der Waals surface area contributed by atoms with E-state index < -0.39 is 35.6 Å². The molecule has 0 saturated carbocycles. The first-order valence-electron chi connectivity index (χ1n) is 20.7. The van der Waals surface area contributed by atoms with Crippen LogP contribution in [0.5, 0.6) is 0 Å². The molecule has 18 nitrogen and oxygen atoms in total. The monoisotopic (exact) mass is 808 g/mol. The number of aromatic nitrogens is 2. The molecule has 1 aromatic heterocycles. The van der Waals surface area contributed by atoms with Crippen molar-refractivity contribution >= 4 is 59.0 Å². The van der Waals surface area contributed by atoms with Gasteiger partial charge in [0.05, 0.1) is 28.4 Å². The largest absolute Gasteiger partial charge is 0.403 e. The number of anilines is 3. The summed E-state index contributed by atoms with van der Waals surface area (Å²) >= 11 is 0. The van der Waals surface area contributed by atoms with Crippen LogP contribution in [0, 0.1) is 11.3 Å². The van der Waals surface area contributed by atoms with Crippen LogP contribution in [-0.2, 0) is 14.4 Å². The smallest absolute Gasteiger partial charge is 0.271 e. The Morgan fingerprint density at radius 1 is 0.966 bits per heavy atom. The zero-order valence-corrected chi connectivity index (χ0v) is 33.4. The minimum Gasteiger partial charge on any atom is -0.403 e. The van der Waals surface area contributed by atoms with Crippen molar-refractivity contribution in [3.05, 3.63) is 53.1 Å². The van der Waals surface area contributed by atoms with Crippen LogP contribution < -0.4 is 31.9 Å². The van der Waals surface area contributed by atoms with Crippen LogP contribution in [0.25, 0.3) is 0 Å². The number of nitrogens with two attached hydrogens (primary N) is 2. The Kier molecular flexibility index (Phi) is 11.1. The Hall–Kier alpha value is -5.91. The number of amides is 6.